The first-order valence-corrected chi connectivity index (χ1v) is 10.1. The summed E-state index contributed by atoms with van der Waals surface area (Å²) in [6.45, 7) is 3.24. The molecule has 0 spiro atoms. The van der Waals surface area contributed by atoms with E-state index in [-0.39, 0.29) is 17.9 Å². The minimum absolute atomic E-state index is 0.142. The van der Waals surface area contributed by atoms with Crippen molar-refractivity contribution in [2.45, 2.75) is 12.5 Å². The molecule has 31 heavy (non-hydrogen) atoms. The van der Waals surface area contributed by atoms with Crippen molar-refractivity contribution in [3.8, 4) is 11.3 Å². The lowest BCUT2D eigenvalue weighted by atomic mass is 10.1. The van der Waals surface area contributed by atoms with Gasteiger partial charge >= 0.3 is 6.09 Å². The summed E-state index contributed by atoms with van der Waals surface area (Å²) in [6, 6.07) is 3.73. The summed E-state index contributed by atoms with van der Waals surface area (Å²) in [6.07, 6.45) is 0.0262. The van der Waals surface area contributed by atoms with E-state index in [1.54, 1.807) is 11.1 Å². The molecule has 5 rings (SSSR count). The van der Waals surface area contributed by atoms with Gasteiger partial charge in [-0.25, -0.2) is 18.6 Å². The average molecular weight is 432 g/mol. The summed E-state index contributed by atoms with van der Waals surface area (Å²) in [5, 5.41) is 4.82. The van der Waals surface area contributed by atoms with Crippen molar-refractivity contribution in [1.82, 2.24) is 24.6 Å². The largest absolute Gasteiger partial charge is 0.441 e. The molecule has 1 N–H and O–H groups in total. The highest BCUT2D eigenvalue weighted by Crippen LogP contribution is 2.34. The van der Waals surface area contributed by atoms with E-state index in [9.17, 15) is 13.6 Å². The number of carbonyl (C=O) groups excluding carboxylic acids is 1. The van der Waals surface area contributed by atoms with Crippen LogP contribution in [0.1, 0.15) is 12.1 Å². The van der Waals surface area contributed by atoms with Crippen LogP contribution in [-0.2, 0) is 16.5 Å². The zero-order chi connectivity index (χ0) is 21.5. The maximum atomic E-state index is 13.5. The number of aromatic amines is 1. The SMILES string of the molecule is Cn1ncc(-c2cc3c(N4CCN(C(=O)OC5COC5)CC4)ccnc3[nH]2)c1C(F)F. The number of aryl methyl sites for hydroxylation is 1. The molecule has 9 nitrogen and oxygen atoms in total. The molecule has 3 aromatic rings. The van der Waals surface area contributed by atoms with E-state index >= 15 is 0 Å². The molecule has 0 aromatic carbocycles. The zero-order valence-corrected chi connectivity index (χ0v) is 16.9. The van der Waals surface area contributed by atoms with Gasteiger partial charge in [-0.15, -0.1) is 0 Å². The molecule has 164 valence electrons. The molecule has 0 aliphatic carbocycles. The minimum Gasteiger partial charge on any atom is -0.441 e. The van der Waals surface area contributed by atoms with Crippen molar-refractivity contribution in [3.05, 3.63) is 30.2 Å². The quantitative estimate of drug-likeness (QED) is 0.682. The molecule has 1 amide bonds. The number of amides is 1. The van der Waals surface area contributed by atoms with Gasteiger partial charge in [0.05, 0.1) is 25.1 Å². The number of ether oxygens (including phenoxy) is 2. The number of nitrogens with zero attached hydrogens (tertiary/aromatic N) is 5. The topological polar surface area (TPSA) is 88.5 Å². The second-order valence-electron chi connectivity index (χ2n) is 7.66. The minimum atomic E-state index is -2.64. The van der Waals surface area contributed by atoms with Crippen LogP contribution in [-0.4, -0.2) is 76.2 Å². The van der Waals surface area contributed by atoms with Gasteiger partial charge in [0.2, 0.25) is 0 Å². The first-order chi connectivity index (χ1) is 15.0. The number of carbonyl (C=O) groups is 1. The van der Waals surface area contributed by atoms with Crippen LogP contribution in [0.2, 0.25) is 0 Å². The van der Waals surface area contributed by atoms with E-state index in [2.05, 4.69) is 20.0 Å². The molecule has 0 radical (unpaired) electrons. The van der Waals surface area contributed by atoms with Crippen LogP contribution in [0.15, 0.2) is 24.5 Å². The van der Waals surface area contributed by atoms with Crippen molar-refractivity contribution in [2.24, 2.45) is 7.05 Å². The molecule has 0 unspecified atom stereocenters. The summed E-state index contributed by atoms with van der Waals surface area (Å²) in [4.78, 5) is 23.6. The third-order valence-corrected chi connectivity index (χ3v) is 5.74. The van der Waals surface area contributed by atoms with Crippen LogP contribution >= 0.6 is 0 Å². The molecule has 2 fully saturated rings. The number of piperazine rings is 1. The van der Waals surface area contributed by atoms with Gasteiger partial charge in [-0.2, -0.15) is 5.10 Å². The molecule has 3 aromatic heterocycles. The average Bonchev–Trinajstić information content (AvgIpc) is 3.33. The monoisotopic (exact) mass is 432 g/mol. The fraction of sp³-hybridized carbons (Fsp3) is 0.450. The van der Waals surface area contributed by atoms with Crippen LogP contribution in [0, 0.1) is 0 Å². The second-order valence-corrected chi connectivity index (χ2v) is 7.66. The molecular weight excluding hydrogens is 410 g/mol. The Morgan fingerprint density at radius 1 is 1.29 bits per heavy atom. The number of pyridine rings is 1. The lowest BCUT2D eigenvalue weighted by Crippen LogP contribution is -2.51. The van der Waals surface area contributed by atoms with Crippen LogP contribution in [0.25, 0.3) is 22.3 Å². The van der Waals surface area contributed by atoms with Gasteiger partial charge in [-0.1, -0.05) is 0 Å². The van der Waals surface area contributed by atoms with E-state index in [1.165, 1.54) is 17.9 Å². The van der Waals surface area contributed by atoms with Crippen LogP contribution < -0.4 is 4.90 Å². The van der Waals surface area contributed by atoms with Gasteiger partial charge in [-0.05, 0) is 12.1 Å². The third kappa shape index (κ3) is 3.58. The van der Waals surface area contributed by atoms with Crippen LogP contribution in [0.4, 0.5) is 19.3 Å². The standard InChI is InChI=1S/C20H22F2N6O3/c1-26-17(18(21)22)14(9-24-26)15-8-13-16(2-3-23-19(13)25-15)27-4-6-28(7-5-27)20(29)31-12-10-30-11-12/h2-3,8-9,12,18H,4-7,10-11H2,1H3,(H,23,25). The maximum Gasteiger partial charge on any atom is 0.410 e. The Morgan fingerprint density at radius 3 is 2.74 bits per heavy atom. The number of hydrogen-bond acceptors (Lipinski definition) is 6. The van der Waals surface area contributed by atoms with Crippen molar-refractivity contribution in [3.63, 3.8) is 0 Å². The van der Waals surface area contributed by atoms with Gasteiger partial charge in [0, 0.05) is 56.1 Å². The number of hydrogen-bond donors (Lipinski definition) is 1. The van der Waals surface area contributed by atoms with Gasteiger partial charge < -0.3 is 24.3 Å². The van der Waals surface area contributed by atoms with E-state index in [0.717, 1.165) is 11.1 Å². The van der Waals surface area contributed by atoms with Crippen molar-refractivity contribution in [2.75, 3.05) is 44.3 Å². The Balaban J connectivity index is 1.36. The summed E-state index contributed by atoms with van der Waals surface area (Å²) >= 11 is 0. The Labute approximate surface area is 176 Å². The zero-order valence-electron chi connectivity index (χ0n) is 16.9. The number of alkyl halides is 2. The maximum absolute atomic E-state index is 13.5. The number of rotatable bonds is 4. The predicted octanol–water partition coefficient (Wildman–Crippen LogP) is 2.56. The molecule has 2 aliphatic heterocycles. The van der Waals surface area contributed by atoms with Crippen molar-refractivity contribution >= 4 is 22.8 Å². The van der Waals surface area contributed by atoms with Crippen LogP contribution in [0.5, 0.6) is 0 Å². The number of anilines is 1. The molecule has 5 heterocycles. The van der Waals surface area contributed by atoms with Gasteiger partial charge in [-0.3, -0.25) is 4.68 Å². The summed E-state index contributed by atoms with van der Waals surface area (Å²) in [5.41, 5.74) is 2.31. The molecule has 11 heteroatoms. The van der Waals surface area contributed by atoms with E-state index in [1.807, 2.05) is 12.1 Å². The fourth-order valence-electron chi connectivity index (χ4n) is 3.98. The lowest BCUT2D eigenvalue weighted by molar-refractivity contribution is -0.104. The highest BCUT2D eigenvalue weighted by molar-refractivity contribution is 5.94. The highest BCUT2D eigenvalue weighted by atomic mass is 19.3. The number of aromatic nitrogens is 4. The van der Waals surface area contributed by atoms with Crippen molar-refractivity contribution in [1.29, 1.82) is 0 Å². The molecule has 0 atom stereocenters. The third-order valence-electron chi connectivity index (χ3n) is 5.74. The summed E-state index contributed by atoms with van der Waals surface area (Å²) < 4.78 is 38.6. The molecule has 0 saturated carbocycles. The molecular formula is C20H22F2N6O3. The van der Waals surface area contributed by atoms with Gasteiger partial charge in [0.25, 0.3) is 6.43 Å². The van der Waals surface area contributed by atoms with E-state index in [4.69, 9.17) is 9.47 Å². The van der Waals surface area contributed by atoms with Crippen molar-refractivity contribution < 1.29 is 23.0 Å². The molecule has 0 bridgehead atoms. The Bertz CT molecular complexity index is 1100. The molecule has 2 aliphatic rings. The number of halogens is 2. The Morgan fingerprint density at radius 2 is 2.06 bits per heavy atom. The van der Waals surface area contributed by atoms with Crippen LogP contribution in [0.3, 0.4) is 0 Å². The first kappa shape index (κ1) is 19.7. The van der Waals surface area contributed by atoms with E-state index < -0.39 is 6.43 Å². The summed E-state index contributed by atoms with van der Waals surface area (Å²) in [5.74, 6) is 0. The smallest absolute Gasteiger partial charge is 0.410 e. The number of nitrogens with one attached hydrogen (secondary N) is 1. The Kier molecular flexibility index (Phi) is 4.97. The normalized spacial score (nSPS) is 17.4. The summed E-state index contributed by atoms with van der Waals surface area (Å²) in [7, 11) is 1.50. The molecule has 2 saturated heterocycles. The predicted molar refractivity (Wildman–Crippen MR) is 108 cm³/mol. The van der Waals surface area contributed by atoms with Gasteiger partial charge in [0.1, 0.15) is 11.3 Å². The highest BCUT2D eigenvalue weighted by Gasteiger charge is 2.29. The fourth-order valence-corrected chi connectivity index (χ4v) is 3.98. The van der Waals surface area contributed by atoms with E-state index in [0.29, 0.717) is 56.3 Å². The number of H-pyrrole nitrogens is 1. The number of fused-ring (bicyclic) bond motifs is 1. The Hall–Kier alpha value is -3.21. The van der Waals surface area contributed by atoms with Gasteiger partial charge in [0.15, 0.2) is 6.10 Å². The lowest BCUT2D eigenvalue weighted by Gasteiger charge is -2.37. The first-order valence-electron chi connectivity index (χ1n) is 10.1. The second kappa shape index (κ2) is 7.80.